The summed E-state index contributed by atoms with van der Waals surface area (Å²) in [6.45, 7) is 3.83. The minimum Gasteiger partial charge on any atom is -0.464 e. The van der Waals surface area contributed by atoms with E-state index < -0.39 is 11.5 Å². The quantitative estimate of drug-likeness (QED) is 0.103. The summed E-state index contributed by atoms with van der Waals surface area (Å²) in [5.74, 6) is -0.765. The SMILES string of the molecule is CCOC(=O)[C@](C)(CCc1ccc(-c2nc3ccc(C4(c5ccccc5)CC4)nc3s2)c(F)c1)N=C(c1ccccc1)c1ccccc1. The Hall–Kier alpha value is -5.01. The summed E-state index contributed by atoms with van der Waals surface area (Å²) in [7, 11) is 0. The lowest BCUT2D eigenvalue weighted by Gasteiger charge is -2.25. The number of aromatic nitrogens is 2. The van der Waals surface area contributed by atoms with Gasteiger partial charge in [-0.15, -0.1) is 0 Å². The van der Waals surface area contributed by atoms with Gasteiger partial charge in [-0.1, -0.05) is 108 Å². The first-order chi connectivity index (χ1) is 23.4. The molecule has 1 aliphatic rings. The molecule has 0 N–H and O–H groups in total. The Morgan fingerprint density at radius 1 is 0.875 bits per heavy atom. The van der Waals surface area contributed by atoms with Gasteiger partial charge in [0.15, 0.2) is 5.54 Å². The topological polar surface area (TPSA) is 64.4 Å². The number of rotatable bonds is 11. The maximum atomic E-state index is 15.7. The highest BCUT2D eigenvalue weighted by Crippen LogP contribution is 2.53. The van der Waals surface area contributed by atoms with Crippen LogP contribution in [0.3, 0.4) is 0 Å². The minimum absolute atomic E-state index is 0.0441. The first kappa shape index (κ1) is 31.6. The highest BCUT2D eigenvalue weighted by Gasteiger charge is 2.47. The van der Waals surface area contributed by atoms with Crippen LogP contribution in [0.5, 0.6) is 0 Å². The lowest BCUT2D eigenvalue weighted by Crippen LogP contribution is -2.37. The molecule has 2 aromatic heterocycles. The van der Waals surface area contributed by atoms with Crippen molar-refractivity contribution < 1.29 is 13.9 Å². The average Bonchev–Trinajstić information content (AvgIpc) is 3.83. The summed E-state index contributed by atoms with van der Waals surface area (Å²) in [5, 5.41) is 0.597. The molecule has 0 bridgehead atoms. The maximum absolute atomic E-state index is 15.7. The normalized spacial score (nSPS) is 14.6. The molecule has 5 nitrogen and oxygen atoms in total. The van der Waals surface area contributed by atoms with E-state index in [1.807, 2.05) is 78.9 Å². The number of aryl methyl sites for hydroxylation is 1. The molecule has 6 aromatic rings. The van der Waals surface area contributed by atoms with Crippen molar-refractivity contribution in [3.8, 4) is 10.6 Å². The molecule has 7 rings (SSSR count). The fraction of sp³-hybridized carbons (Fsp3) is 0.220. The summed E-state index contributed by atoms with van der Waals surface area (Å²) >= 11 is 1.41. The zero-order chi connectivity index (χ0) is 33.1. The van der Waals surface area contributed by atoms with Gasteiger partial charge in [0.25, 0.3) is 0 Å². The molecule has 0 radical (unpaired) electrons. The van der Waals surface area contributed by atoms with Gasteiger partial charge in [0.2, 0.25) is 0 Å². The molecule has 1 fully saturated rings. The summed E-state index contributed by atoms with van der Waals surface area (Å²) in [6.07, 6.45) is 2.90. The van der Waals surface area contributed by atoms with Crippen molar-refractivity contribution in [1.29, 1.82) is 0 Å². The monoisotopic (exact) mass is 653 g/mol. The molecular weight excluding hydrogens is 618 g/mol. The molecule has 7 heteroatoms. The second-order valence-corrected chi connectivity index (χ2v) is 13.5. The van der Waals surface area contributed by atoms with Gasteiger partial charge in [-0.25, -0.2) is 19.2 Å². The van der Waals surface area contributed by atoms with Crippen LogP contribution in [0, 0.1) is 5.82 Å². The van der Waals surface area contributed by atoms with Gasteiger partial charge in [-0.3, -0.25) is 4.99 Å². The summed E-state index contributed by atoms with van der Waals surface area (Å²) in [5.41, 5.74) is 5.57. The largest absolute Gasteiger partial charge is 0.464 e. The maximum Gasteiger partial charge on any atom is 0.333 e. The number of carbonyl (C=O) groups is 1. The van der Waals surface area contributed by atoms with Crippen LogP contribution in [0.2, 0.25) is 0 Å². The first-order valence-corrected chi connectivity index (χ1v) is 17.2. The van der Waals surface area contributed by atoms with Crippen molar-refractivity contribution in [2.24, 2.45) is 4.99 Å². The standard InChI is InChI=1S/C41H36FN3O2S/c1-3-47-39(46)40(2,45-36(29-13-7-4-8-14-29)30-15-9-5-10-16-30)24-23-28-19-20-32(33(42)27-28)37-43-34-21-22-35(44-38(34)48-37)41(25-26-41)31-17-11-6-12-18-31/h4-22,27H,3,23-26H2,1-2H3/t40-/m0/s1. The Morgan fingerprint density at radius 2 is 1.52 bits per heavy atom. The number of fused-ring (bicyclic) bond motifs is 1. The predicted molar refractivity (Wildman–Crippen MR) is 191 cm³/mol. The fourth-order valence-electron chi connectivity index (χ4n) is 6.27. The van der Waals surface area contributed by atoms with Crippen molar-refractivity contribution in [3.05, 3.63) is 155 Å². The van der Waals surface area contributed by atoms with E-state index in [1.165, 1.54) is 16.9 Å². The van der Waals surface area contributed by atoms with E-state index in [0.717, 1.165) is 45.6 Å². The van der Waals surface area contributed by atoms with Crippen LogP contribution in [0.15, 0.2) is 126 Å². The van der Waals surface area contributed by atoms with E-state index in [-0.39, 0.29) is 17.8 Å². The van der Waals surface area contributed by atoms with E-state index in [1.54, 1.807) is 26.0 Å². The average molecular weight is 654 g/mol. The highest BCUT2D eigenvalue weighted by molar-refractivity contribution is 7.21. The number of benzene rings is 4. The third kappa shape index (κ3) is 6.30. The van der Waals surface area contributed by atoms with E-state index >= 15 is 4.39 Å². The summed E-state index contributed by atoms with van der Waals surface area (Å²) in [4.78, 5) is 29.1. The second kappa shape index (κ2) is 13.2. The molecule has 1 saturated carbocycles. The number of pyridine rings is 1. The van der Waals surface area contributed by atoms with Crippen LogP contribution in [-0.2, 0) is 21.4 Å². The molecule has 48 heavy (non-hydrogen) atoms. The molecule has 0 unspecified atom stereocenters. The Labute approximate surface area is 284 Å². The number of aliphatic imine (C=N–C) groups is 1. The van der Waals surface area contributed by atoms with Gasteiger partial charge in [-0.2, -0.15) is 0 Å². The van der Waals surface area contributed by atoms with Crippen LogP contribution in [0.1, 0.15) is 61.1 Å². The van der Waals surface area contributed by atoms with Gasteiger partial charge in [0, 0.05) is 22.1 Å². The molecule has 0 aliphatic heterocycles. The number of ether oxygens (including phenoxy) is 1. The molecule has 240 valence electrons. The zero-order valence-corrected chi connectivity index (χ0v) is 27.8. The number of thiazole rings is 1. The van der Waals surface area contributed by atoms with Gasteiger partial charge >= 0.3 is 5.97 Å². The molecular formula is C41H36FN3O2S. The Kier molecular flexibility index (Phi) is 8.71. The number of hydrogen-bond acceptors (Lipinski definition) is 6. The van der Waals surface area contributed by atoms with Crippen molar-refractivity contribution in [2.75, 3.05) is 6.61 Å². The Balaban J connectivity index is 1.15. The van der Waals surface area contributed by atoms with E-state index in [2.05, 4.69) is 30.3 Å². The van der Waals surface area contributed by atoms with E-state index in [0.29, 0.717) is 29.1 Å². The van der Waals surface area contributed by atoms with E-state index in [4.69, 9.17) is 19.7 Å². The van der Waals surface area contributed by atoms with Gasteiger partial charge in [0.05, 0.1) is 18.0 Å². The van der Waals surface area contributed by atoms with Crippen molar-refractivity contribution in [2.45, 2.75) is 50.5 Å². The molecule has 0 saturated heterocycles. The molecule has 1 atom stereocenters. The molecule has 1 aliphatic carbocycles. The Bertz CT molecular complexity index is 2050. The Morgan fingerprint density at radius 3 is 2.12 bits per heavy atom. The van der Waals surface area contributed by atoms with Gasteiger partial charge < -0.3 is 4.74 Å². The van der Waals surface area contributed by atoms with Crippen LogP contribution < -0.4 is 0 Å². The highest BCUT2D eigenvalue weighted by atomic mass is 32.1. The second-order valence-electron chi connectivity index (χ2n) is 12.5. The first-order valence-electron chi connectivity index (χ1n) is 16.4. The molecule has 0 amide bonds. The fourth-order valence-corrected chi connectivity index (χ4v) is 7.24. The number of nitrogens with zero attached hydrogens (tertiary/aromatic N) is 3. The van der Waals surface area contributed by atoms with Crippen LogP contribution in [0.25, 0.3) is 20.9 Å². The van der Waals surface area contributed by atoms with Crippen molar-refractivity contribution in [3.63, 3.8) is 0 Å². The minimum atomic E-state index is -1.19. The molecule has 0 spiro atoms. The van der Waals surface area contributed by atoms with Crippen LogP contribution in [-0.4, -0.2) is 33.8 Å². The van der Waals surface area contributed by atoms with Gasteiger partial charge in [0.1, 0.15) is 21.2 Å². The van der Waals surface area contributed by atoms with E-state index in [9.17, 15) is 4.79 Å². The van der Waals surface area contributed by atoms with Crippen molar-refractivity contribution >= 4 is 33.4 Å². The number of carbonyl (C=O) groups excluding carboxylic acids is 1. The van der Waals surface area contributed by atoms with Gasteiger partial charge in [-0.05, 0) is 74.9 Å². The van der Waals surface area contributed by atoms with Crippen LogP contribution in [0.4, 0.5) is 4.39 Å². The summed E-state index contributed by atoms with van der Waals surface area (Å²) in [6, 6.07) is 39.5. The number of hydrogen-bond donors (Lipinski definition) is 0. The van der Waals surface area contributed by atoms with Crippen molar-refractivity contribution in [1.82, 2.24) is 9.97 Å². The van der Waals surface area contributed by atoms with Crippen LogP contribution >= 0.6 is 11.3 Å². The lowest BCUT2D eigenvalue weighted by atomic mass is 9.92. The number of halogens is 1. The third-order valence-corrected chi connectivity index (χ3v) is 10.2. The third-order valence-electron chi connectivity index (χ3n) is 9.15. The zero-order valence-electron chi connectivity index (χ0n) is 27.0. The smallest absolute Gasteiger partial charge is 0.333 e. The number of esters is 1. The lowest BCUT2D eigenvalue weighted by molar-refractivity contribution is -0.149. The molecule has 4 aromatic carbocycles. The predicted octanol–water partition coefficient (Wildman–Crippen LogP) is 9.37. The molecule has 2 heterocycles. The summed E-state index contributed by atoms with van der Waals surface area (Å²) < 4.78 is 21.3.